The zero-order chi connectivity index (χ0) is 18.1. The Bertz CT molecular complexity index is 834. The third kappa shape index (κ3) is 2.49. The molecular weight excluding hydrogens is 346 g/mol. The van der Waals surface area contributed by atoms with Crippen LogP contribution in [0.2, 0.25) is 0 Å². The van der Waals surface area contributed by atoms with Crippen LogP contribution in [0.3, 0.4) is 0 Å². The largest absolute Gasteiger partial charge is 0.477 e. The summed E-state index contributed by atoms with van der Waals surface area (Å²) in [6, 6.07) is 8.08. The van der Waals surface area contributed by atoms with E-state index in [9.17, 15) is 0 Å². The van der Waals surface area contributed by atoms with Crippen molar-refractivity contribution in [3.8, 4) is 0 Å². The molecule has 2 aliphatic carbocycles. The second kappa shape index (κ2) is 5.76. The molecule has 0 N–H and O–H groups in total. The fourth-order valence-corrected chi connectivity index (χ4v) is 5.89. The maximum atomic E-state index is 6.77. The molecule has 1 saturated heterocycles. The lowest BCUT2D eigenvalue weighted by atomic mass is 9.73. The SMILES string of the molecule is CC1(C)C[C@@H]2C[C@H]1C[C@H]1OB([C@H](Cl)Cc3coc4ccccc34)O[C@@]21C. The first-order chi connectivity index (χ1) is 12.4. The maximum absolute atomic E-state index is 6.77. The molecule has 5 rings (SSSR count). The number of hydrogen-bond acceptors (Lipinski definition) is 3. The van der Waals surface area contributed by atoms with Crippen LogP contribution in [-0.4, -0.2) is 24.1 Å². The summed E-state index contributed by atoms with van der Waals surface area (Å²) in [6.45, 7) is 7.04. The van der Waals surface area contributed by atoms with Gasteiger partial charge in [-0.05, 0) is 61.5 Å². The predicted octanol–water partition coefficient (Wildman–Crippen LogP) is 5.24. The van der Waals surface area contributed by atoms with E-state index in [-0.39, 0.29) is 24.1 Å². The topological polar surface area (TPSA) is 31.6 Å². The highest BCUT2D eigenvalue weighted by atomic mass is 35.5. The van der Waals surface area contributed by atoms with Crippen molar-refractivity contribution >= 4 is 29.7 Å². The predicted molar refractivity (Wildman–Crippen MR) is 104 cm³/mol. The quantitative estimate of drug-likeness (QED) is 0.545. The van der Waals surface area contributed by atoms with E-state index in [4.69, 9.17) is 25.3 Å². The third-order valence-electron chi connectivity index (χ3n) is 7.34. The number of alkyl halides is 1. The molecule has 0 unspecified atom stereocenters. The number of rotatable bonds is 3. The van der Waals surface area contributed by atoms with Crippen LogP contribution in [0.15, 0.2) is 34.9 Å². The number of hydrogen-bond donors (Lipinski definition) is 0. The van der Waals surface area contributed by atoms with E-state index >= 15 is 0 Å². The highest BCUT2D eigenvalue weighted by molar-refractivity contribution is 6.60. The van der Waals surface area contributed by atoms with Gasteiger partial charge in [-0.15, -0.1) is 11.6 Å². The lowest BCUT2D eigenvalue weighted by Gasteiger charge is -2.40. The molecule has 1 aliphatic heterocycles. The molecule has 0 radical (unpaired) electrons. The highest BCUT2D eigenvalue weighted by Crippen LogP contribution is 2.60. The maximum Gasteiger partial charge on any atom is 0.477 e. The molecule has 3 nitrogen and oxygen atoms in total. The average Bonchev–Trinajstić information content (AvgIpc) is 3.24. The molecule has 3 aliphatic rings. The number of para-hydroxylation sites is 1. The van der Waals surface area contributed by atoms with Gasteiger partial charge in [0.2, 0.25) is 0 Å². The summed E-state index contributed by atoms with van der Waals surface area (Å²) in [4.78, 5) is 0. The monoisotopic (exact) mass is 372 g/mol. The van der Waals surface area contributed by atoms with Crippen molar-refractivity contribution in [2.24, 2.45) is 17.3 Å². The van der Waals surface area contributed by atoms with Gasteiger partial charge in [0.1, 0.15) is 5.58 Å². The van der Waals surface area contributed by atoms with E-state index in [0.29, 0.717) is 17.8 Å². The zero-order valence-corrected chi connectivity index (χ0v) is 16.5. The van der Waals surface area contributed by atoms with Crippen LogP contribution in [0.25, 0.3) is 11.0 Å². The van der Waals surface area contributed by atoms with Crippen LogP contribution in [0, 0.1) is 17.3 Å². The Kier molecular flexibility index (Phi) is 3.80. The van der Waals surface area contributed by atoms with Crippen molar-refractivity contribution in [1.82, 2.24) is 0 Å². The zero-order valence-electron chi connectivity index (χ0n) is 15.7. The molecule has 0 spiro atoms. The lowest BCUT2D eigenvalue weighted by Crippen LogP contribution is -2.46. The minimum atomic E-state index is -0.345. The van der Waals surface area contributed by atoms with Crippen LogP contribution >= 0.6 is 11.6 Å². The normalized spacial score (nSPS) is 36.5. The van der Waals surface area contributed by atoms with Gasteiger partial charge >= 0.3 is 7.12 Å². The molecule has 1 aromatic carbocycles. The number of halogens is 1. The molecule has 26 heavy (non-hydrogen) atoms. The van der Waals surface area contributed by atoms with Gasteiger partial charge in [-0.25, -0.2) is 0 Å². The van der Waals surface area contributed by atoms with Gasteiger partial charge in [-0.3, -0.25) is 0 Å². The van der Waals surface area contributed by atoms with Crippen molar-refractivity contribution in [3.05, 3.63) is 36.1 Å². The van der Waals surface area contributed by atoms with Crippen LogP contribution in [0.5, 0.6) is 0 Å². The molecule has 2 bridgehead atoms. The number of fused-ring (bicyclic) bond motifs is 5. The van der Waals surface area contributed by atoms with Gasteiger partial charge in [-0.2, -0.15) is 0 Å². The van der Waals surface area contributed by atoms with Crippen molar-refractivity contribution in [1.29, 1.82) is 0 Å². The molecule has 5 atom stereocenters. The Labute approximate surface area is 160 Å². The van der Waals surface area contributed by atoms with Gasteiger partial charge in [0.05, 0.1) is 23.2 Å². The molecular formula is C21H26BClO3. The van der Waals surface area contributed by atoms with E-state index in [0.717, 1.165) is 28.9 Å². The first kappa shape index (κ1) is 17.2. The van der Waals surface area contributed by atoms with Crippen molar-refractivity contribution in [2.75, 3.05) is 0 Å². The Morgan fingerprint density at radius 3 is 2.85 bits per heavy atom. The second-order valence-corrected chi connectivity index (χ2v) is 9.89. The van der Waals surface area contributed by atoms with Crippen LogP contribution in [-0.2, 0) is 15.7 Å². The van der Waals surface area contributed by atoms with Crippen molar-refractivity contribution < 1.29 is 13.7 Å². The molecule has 0 amide bonds. The minimum Gasteiger partial charge on any atom is -0.464 e. The van der Waals surface area contributed by atoms with E-state index in [1.54, 1.807) is 0 Å². The van der Waals surface area contributed by atoms with E-state index in [2.05, 4.69) is 26.8 Å². The number of benzene rings is 1. The van der Waals surface area contributed by atoms with Crippen molar-refractivity contribution in [3.63, 3.8) is 0 Å². The molecule has 1 aromatic heterocycles. The van der Waals surface area contributed by atoms with E-state index in [1.807, 2.05) is 24.5 Å². The van der Waals surface area contributed by atoms with Crippen LogP contribution in [0.4, 0.5) is 0 Å². The Balaban J connectivity index is 1.34. The first-order valence-electron chi connectivity index (χ1n) is 9.79. The minimum absolute atomic E-state index is 0.167. The fourth-order valence-electron chi connectivity index (χ4n) is 5.61. The second-order valence-electron chi connectivity index (χ2n) is 9.33. The van der Waals surface area contributed by atoms with E-state index in [1.165, 1.54) is 12.8 Å². The standard InChI is InChI=1S/C21H26BClO3/c1-20(2)11-15-9-14(20)10-18-21(15,3)26-22(25-18)19(23)8-13-12-24-17-7-5-4-6-16(13)17/h4-7,12,14-15,18-19H,8-11H2,1-3H3/t14-,15-,18+,19+,21-/m0/s1. The fraction of sp³-hybridized carbons (Fsp3) is 0.619. The molecule has 2 saturated carbocycles. The Morgan fingerprint density at radius 1 is 1.19 bits per heavy atom. The molecule has 138 valence electrons. The average molecular weight is 373 g/mol. The summed E-state index contributed by atoms with van der Waals surface area (Å²) >= 11 is 6.77. The third-order valence-corrected chi connectivity index (χ3v) is 7.70. The summed E-state index contributed by atoms with van der Waals surface area (Å²) in [5.41, 5.74) is 2.23. The summed E-state index contributed by atoms with van der Waals surface area (Å²) < 4.78 is 18.5. The smallest absolute Gasteiger partial charge is 0.464 e. The summed E-state index contributed by atoms with van der Waals surface area (Å²) in [6.07, 6.45) is 6.24. The van der Waals surface area contributed by atoms with Gasteiger partial charge in [0.15, 0.2) is 0 Å². The van der Waals surface area contributed by atoms with Gasteiger partial charge < -0.3 is 13.7 Å². The van der Waals surface area contributed by atoms with Gasteiger partial charge in [0.25, 0.3) is 0 Å². The summed E-state index contributed by atoms with van der Waals surface area (Å²) in [5, 5.41) is 0.908. The lowest BCUT2D eigenvalue weighted by molar-refractivity contribution is -0.0294. The van der Waals surface area contributed by atoms with Crippen molar-refractivity contribution in [2.45, 2.75) is 63.4 Å². The summed E-state index contributed by atoms with van der Waals surface area (Å²) in [7, 11) is -0.345. The molecule has 2 aromatic rings. The van der Waals surface area contributed by atoms with Gasteiger partial charge in [0, 0.05) is 5.39 Å². The van der Waals surface area contributed by atoms with Gasteiger partial charge in [-0.1, -0.05) is 32.0 Å². The molecule has 5 heteroatoms. The Hall–Kier alpha value is -0.965. The summed E-state index contributed by atoms with van der Waals surface area (Å²) in [5.74, 6) is 1.31. The molecule has 2 heterocycles. The number of furan rings is 1. The van der Waals surface area contributed by atoms with Crippen LogP contribution in [0.1, 0.15) is 45.6 Å². The Morgan fingerprint density at radius 2 is 2.00 bits per heavy atom. The van der Waals surface area contributed by atoms with Crippen LogP contribution < -0.4 is 0 Å². The highest BCUT2D eigenvalue weighted by Gasteiger charge is 2.62. The van der Waals surface area contributed by atoms with E-state index < -0.39 is 0 Å². The molecule has 3 fully saturated rings. The first-order valence-corrected chi connectivity index (χ1v) is 10.2.